The van der Waals surface area contributed by atoms with Crippen LogP contribution in [-0.2, 0) is 14.3 Å². The van der Waals surface area contributed by atoms with Gasteiger partial charge < -0.3 is 20.3 Å². The Hall–Kier alpha value is -3.22. The molecule has 0 radical (unpaired) electrons. The Bertz CT molecular complexity index is 1260. The summed E-state index contributed by atoms with van der Waals surface area (Å²) in [4.78, 5) is 26.1. The van der Waals surface area contributed by atoms with Crippen LogP contribution in [0.15, 0.2) is 97.2 Å². The molecule has 0 rings (SSSR count). The SMILES string of the molecule is CC/C=C/C=C/C=C\CCCCCC(CC(=O)NC(CO)C(O)CCCCCCCCCCCCCCCCC)OC(=O)CCCCCCC/C=C/C=C/C=C/C=C/C=C/CCC. The Balaban J connectivity index is 4.61. The van der Waals surface area contributed by atoms with Gasteiger partial charge in [-0.25, -0.2) is 0 Å². The number of hydrogen-bond donors (Lipinski definition) is 3. The zero-order chi connectivity index (χ0) is 45.9. The van der Waals surface area contributed by atoms with Crippen molar-refractivity contribution in [1.82, 2.24) is 5.32 Å². The standard InChI is InChI=1S/C57H97NO5/c1-4-7-10-13-16-19-22-24-26-27-28-30-32-35-38-41-44-47-50-57(62)63-53(48-45-42-39-36-33-21-18-15-12-9-6-3)51-56(61)58-54(52-59)55(60)49-46-43-40-37-34-31-29-25-23-20-17-14-11-8-5-2/h9-10,12-13,15-16,18-19,21-22,24,26-28,30,33,53-55,59-60H,4-8,11,14,17,20,23,25,29,31-32,34-52H2,1-3H3,(H,58,61)/b12-9+,13-10+,18-15+,19-16+,24-22+,27-26+,30-28+,33-21-. The van der Waals surface area contributed by atoms with Gasteiger partial charge in [-0.3, -0.25) is 9.59 Å². The second-order valence-electron chi connectivity index (χ2n) is 17.4. The molecule has 6 heteroatoms. The van der Waals surface area contributed by atoms with E-state index >= 15 is 0 Å². The lowest BCUT2D eigenvalue weighted by atomic mass is 10.0. The summed E-state index contributed by atoms with van der Waals surface area (Å²) in [6.07, 6.45) is 66.1. The van der Waals surface area contributed by atoms with Gasteiger partial charge in [0.1, 0.15) is 6.10 Å². The van der Waals surface area contributed by atoms with Crippen LogP contribution in [0.1, 0.15) is 226 Å². The molecule has 0 aromatic heterocycles. The average molecular weight is 876 g/mol. The number of allylic oxidation sites excluding steroid dienone is 16. The van der Waals surface area contributed by atoms with Crippen molar-refractivity contribution in [2.75, 3.05) is 6.61 Å². The second kappa shape index (κ2) is 49.8. The minimum atomic E-state index is -0.807. The number of aliphatic hydroxyl groups is 2. The Morgan fingerprint density at radius 3 is 1.38 bits per heavy atom. The molecule has 0 fully saturated rings. The van der Waals surface area contributed by atoms with Crippen LogP contribution in [0.3, 0.4) is 0 Å². The Morgan fingerprint density at radius 1 is 0.476 bits per heavy atom. The maximum atomic E-state index is 13.2. The first-order valence-corrected chi connectivity index (χ1v) is 26.1. The number of nitrogens with one attached hydrogen (secondary N) is 1. The van der Waals surface area contributed by atoms with E-state index in [-0.39, 0.29) is 24.9 Å². The molecular formula is C57H97NO5. The van der Waals surface area contributed by atoms with Gasteiger partial charge in [0.05, 0.1) is 25.2 Å². The van der Waals surface area contributed by atoms with Gasteiger partial charge in [-0.15, -0.1) is 0 Å². The van der Waals surface area contributed by atoms with Gasteiger partial charge in [-0.05, 0) is 64.2 Å². The van der Waals surface area contributed by atoms with Gasteiger partial charge in [0.15, 0.2) is 0 Å². The van der Waals surface area contributed by atoms with Gasteiger partial charge in [0.25, 0.3) is 0 Å². The number of amides is 1. The van der Waals surface area contributed by atoms with Crippen LogP contribution in [-0.4, -0.2) is 46.9 Å². The fourth-order valence-corrected chi connectivity index (χ4v) is 7.40. The number of ether oxygens (including phenoxy) is 1. The largest absolute Gasteiger partial charge is 0.462 e. The van der Waals surface area contributed by atoms with Crippen molar-refractivity contribution in [2.24, 2.45) is 0 Å². The van der Waals surface area contributed by atoms with Crippen molar-refractivity contribution in [3.63, 3.8) is 0 Å². The summed E-state index contributed by atoms with van der Waals surface area (Å²) in [6, 6.07) is -0.724. The van der Waals surface area contributed by atoms with E-state index in [2.05, 4.69) is 86.8 Å². The molecule has 0 aromatic rings. The molecule has 1 amide bonds. The molecule has 0 aliphatic carbocycles. The topological polar surface area (TPSA) is 95.9 Å². The molecule has 0 saturated carbocycles. The Morgan fingerprint density at radius 2 is 0.889 bits per heavy atom. The van der Waals surface area contributed by atoms with E-state index in [4.69, 9.17) is 4.74 Å². The molecule has 0 aromatic carbocycles. The number of rotatable bonds is 45. The highest BCUT2D eigenvalue weighted by molar-refractivity contribution is 5.77. The third-order valence-electron chi connectivity index (χ3n) is 11.3. The van der Waals surface area contributed by atoms with Crippen LogP contribution < -0.4 is 5.32 Å². The lowest BCUT2D eigenvalue weighted by molar-refractivity contribution is -0.151. The zero-order valence-electron chi connectivity index (χ0n) is 40.9. The molecule has 0 spiro atoms. The third-order valence-corrected chi connectivity index (χ3v) is 11.3. The molecular weight excluding hydrogens is 779 g/mol. The molecule has 3 atom stereocenters. The highest BCUT2D eigenvalue weighted by Crippen LogP contribution is 2.17. The van der Waals surface area contributed by atoms with E-state index in [0.717, 1.165) is 96.3 Å². The van der Waals surface area contributed by atoms with E-state index < -0.39 is 18.2 Å². The van der Waals surface area contributed by atoms with Gasteiger partial charge >= 0.3 is 5.97 Å². The second-order valence-corrected chi connectivity index (χ2v) is 17.4. The van der Waals surface area contributed by atoms with Gasteiger partial charge in [0.2, 0.25) is 5.91 Å². The number of carbonyl (C=O) groups excluding carboxylic acids is 2. The molecule has 3 unspecified atom stereocenters. The zero-order valence-corrected chi connectivity index (χ0v) is 40.9. The summed E-state index contributed by atoms with van der Waals surface area (Å²) in [6.45, 7) is 6.24. The van der Waals surface area contributed by atoms with Crippen LogP contribution in [0.25, 0.3) is 0 Å². The number of hydrogen-bond acceptors (Lipinski definition) is 5. The highest BCUT2D eigenvalue weighted by Gasteiger charge is 2.24. The van der Waals surface area contributed by atoms with Crippen molar-refractivity contribution in [2.45, 2.75) is 244 Å². The molecule has 6 nitrogen and oxygen atoms in total. The Labute approximate surface area is 388 Å². The summed E-state index contributed by atoms with van der Waals surface area (Å²) in [7, 11) is 0. The summed E-state index contributed by atoms with van der Waals surface area (Å²) in [5, 5.41) is 23.8. The molecule has 360 valence electrons. The van der Waals surface area contributed by atoms with Crippen molar-refractivity contribution in [3.8, 4) is 0 Å². The Kier molecular flexibility index (Phi) is 47.2. The first kappa shape index (κ1) is 59.8. The number of carbonyl (C=O) groups is 2. The minimum absolute atomic E-state index is 0.0384. The lowest BCUT2D eigenvalue weighted by Gasteiger charge is -2.24. The molecule has 0 saturated heterocycles. The summed E-state index contributed by atoms with van der Waals surface area (Å²) in [5.41, 5.74) is 0. The average Bonchev–Trinajstić information content (AvgIpc) is 3.28. The van der Waals surface area contributed by atoms with E-state index in [0.29, 0.717) is 19.3 Å². The molecule has 3 N–H and O–H groups in total. The van der Waals surface area contributed by atoms with E-state index in [9.17, 15) is 19.8 Å². The summed E-state index contributed by atoms with van der Waals surface area (Å²) in [5.74, 6) is -0.544. The predicted molar refractivity (Wildman–Crippen MR) is 273 cm³/mol. The number of esters is 1. The lowest BCUT2D eigenvalue weighted by Crippen LogP contribution is -2.46. The molecule has 63 heavy (non-hydrogen) atoms. The number of aliphatic hydroxyl groups excluding tert-OH is 2. The van der Waals surface area contributed by atoms with E-state index in [1.54, 1.807) is 0 Å². The maximum absolute atomic E-state index is 13.2. The fraction of sp³-hybridized carbons (Fsp3) is 0.684. The van der Waals surface area contributed by atoms with Crippen LogP contribution in [0.2, 0.25) is 0 Å². The minimum Gasteiger partial charge on any atom is -0.462 e. The van der Waals surface area contributed by atoms with Crippen LogP contribution >= 0.6 is 0 Å². The normalized spacial score (nSPS) is 14.0. The summed E-state index contributed by atoms with van der Waals surface area (Å²) < 4.78 is 5.90. The van der Waals surface area contributed by atoms with Crippen LogP contribution in [0, 0.1) is 0 Å². The fourth-order valence-electron chi connectivity index (χ4n) is 7.40. The van der Waals surface area contributed by atoms with Crippen molar-refractivity contribution in [1.29, 1.82) is 0 Å². The molecule has 0 bridgehead atoms. The van der Waals surface area contributed by atoms with Gasteiger partial charge in [0, 0.05) is 6.42 Å². The van der Waals surface area contributed by atoms with Crippen molar-refractivity contribution < 1.29 is 24.5 Å². The van der Waals surface area contributed by atoms with Gasteiger partial charge in [-0.2, -0.15) is 0 Å². The first-order chi connectivity index (χ1) is 31.0. The number of unbranched alkanes of at least 4 members (excludes halogenated alkanes) is 23. The van der Waals surface area contributed by atoms with Crippen LogP contribution in [0.4, 0.5) is 0 Å². The van der Waals surface area contributed by atoms with Gasteiger partial charge in [-0.1, -0.05) is 246 Å². The quantitative estimate of drug-likeness (QED) is 0.0322. The summed E-state index contributed by atoms with van der Waals surface area (Å²) >= 11 is 0. The first-order valence-electron chi connectivity index (χ1n) is 26.1. The smallest absolute Gasteiger partial charge is 0.306 e. The van der Waals surface area contributed by atoms with E-state index in [1.807, 2.05) is 36.5 Å². The molecule has 0 aliphatic heterocycles. The molecule has 0 aliphatic rings. The monoisotopic (exact) mass is 876 g/mol. The van der Waals surface area contributed by atoms with Crippen molar-refractivity contribution in [3.05, 3.63) is 97.2 Å². The predicted octanol–water partition coefficient (Wildman–Crippen LogP) is 15.7. The maximum Gasteiger partial charge on any atom is 0.306 e. The van der Waals surface area contributed by atoms with Crippen molar-refractivity contribution >= 4 is 11.9 Å². The third kappa shape index (κ3) is 45.2. The van der Waals surface area contributed by atoms with Crippen LogP contribution in [0.5, 0.6) is 0 Å². The molecule has 0 heterocycles. The highest BCUT2D eigenvalue weighted by atomic mass is 16.5. The van der Waals surface area contributed by atoms with E-state index in [1.165, 1.54) is 83.5 Å².